The van der Waals surface area contributed by atoms with Crippen LogP contribution in [0.2, 0.25) is 0 Å². The molecule has 0 heterocycles. The SMILES string of the molecule is C=CC(=O)COc1ccc(C(=O)Oc2ccc(OC(=O)C3CCC(C(=O)O)CC3)cc2)cc1. The lowest BCUT2D eigenvalue weighted by molar-refractivity contribution is -0.146. The van der Waals surface area contributed by atoms with Crippen molar-refractivity contribution in [1.29, 1.82) is 0 Å². The van der Waals surface area contributed by atoms with Crippen LogP contribution < -0.4 is 14.2 Å². The molecule has 3 rings (SSSR count). The van der Waals surface area contributed by atoms with Gasteiger partial charge in [0.15, 0.2) is 12.4 Å². The van der Waals surface area contributed by atoms with E-state index in [0.29, 0.717) is 42.7 Å². The number of esters is 2. The van der Waals surface area contributed by atoms with Crippen LogP contribution >= 0.6 is 0 Å². The first-order valence-electron chi connectivity index (χ1n) is 10.5. The first-order valence-corrected chi connectivity index (χ1v) is 10.5. The van der Waals surface area contributed by atoms with Crippen LogP contribution in [0.25, 0.3) is 0 Å². The highest BCUT2D eigenvalue weighted by molar-refractivity contribution is 5.91. The highest BCUT2D eigenvalue weighted by Crippen LogP contribution is 2.30. The van der Waals surface area contributed by atoms with Gasteiger partial charge in [-0.1, -0.05) is 6.58 Å². The molecule has 0 aliphatic heterocycles. The van der Waals surface area contributed by atoms with Gasteiger partial charge in [-0.05, 0) is 80.3 Å². The van der Waals surface area contributed by atoms with E-state index in [-0.39, 0.29) is 30.0 Å². The summed E-state index contributed by atoms with van der Waals surface area (Å²) < 4.78 is 16.0. The number of hydrogen-bond donors (Lipinski definition) is 1. The highest BCUT2D eigenvalue weighted by atomic mass is 16.5. The lowest BCUT2D eigenvalue weighted by Gasteiger charge is -2.24. The van der Waals surface area contributed by atoms with Crippen molar-refractivity contribution in [2.75, 3.05) is 6.61 Å². The number of ketones is 1. The fraction of sp³-hybridized carbons (Fsp3) is 0.280. The molecular weight excluding hydrogens is 428 g/mol. The summed E-state index contributed by atoms with van der Waals surface area (Å²) in [7, 11) is 0. The van der Waals surface area contributed by atoms with Gasteiger partial charge in [0.2, 0.25) is 0 Å². The van der Waals surface area contributed by atoms with Gasteiger partial charge in [0.25, 0.3) is 0 Å². The molecule has 1 aliphatic carbocycles. The van der Waals surface area contributed by atoms with Crippen molar-refractivity contribution in [3.63, 3.8) is 0 Å². The zero-order chi connectivity index (χ0) is 23.8. The van der Waals surface area contributed by atoms with E-state index < -0.39 is 17.9 Å². The summed E-state index contributed by atoms with van der Waals surface area (Å²) in [4.78, 5) is 46.9. The third-order valence-electron chi connectivity index (χ3n) is 5.36. The van der Waals surface area contributed by atoms with Crippen LogP contribution in [0.4, 0.5) is 0 Å². The van der Waals surface area contributed by atoms with Crippen LogP contribution in [0, 0.1) is 11.8 Å². The second kappa shape index (κ2) is 11.1. The molecule has 8 nitrogen and oxygen atoms in total. The standard InChI is InChI=1S/C25H24O8/c1-2-19(26)15-31-20-9-7-18(8-10-20)25(30)33-22-13-11-21(12-14-22)32-24(29)17-5-3-16(4-6-17)23(27)28/h2,7-14,16-17H,1,3-6,15H2,(H,27,28). The van der Waals surface area contributed by atoms with Gasteiger partial charge in [0.1, 0.15) is 17.2 Å². The topological polar surface area (TPSA) is 116 Å². The molecule has 2 aromatic rings. The van der Waals surface area contributed by atoms with Crippen molar-refractivity contribution in [3.8, 4) is 17.2 Å². The van der Waals surface area contributed by atoms with Gasteiger partial charge in [-0.2, -0.15) is 0 Å². The quantitative estimate of drug-likeness (QED) is 0.347. The van der Waals surface area contributed by atoms with E-state index in [1.165, 1.54) is 42.5 Å². The second-order valence-corrected chi connectivity index (χ2v) is 7.65. The van der Waals surface area contributed by atoms with E-state index in [0.717, 1.165) is 0 Å². The first kappa shape index (κ1) is 23.7. The molecule has 0 saturated heterocycles. The molecular formula is C25H24O8. The smallest absolute Gasteiger partial charge is 0.343 e. The highest BCUT2D eigenvalue weighted by Gasteiger charge is 2.30. The molecule has 0 spiro atoms. The molecule has 1 fully saturated rings. The van der Waals surface area contributed by atoms with Crippen molar-refractivity contribution >= 4 is 23.7 Å². The Bertz CT molecular complexity index is 1020. The molecule has 0 radical (unpaired) electrons. The zero-order valence-corrected chi connectivity index (χ0v) is 17.9. The Kier molecular flexibility index (Phi) is 7.96. The fourth-order valence-electron chi connectivity index (χ4n) is 3.42. The number of carbonyl (C=O) groups excluding carboxylic acids is 3. The third-order valence-corrected chi connectivity index (χ3v) is 5.36. The predicted molar refractivity (Wildman–Crippen MR) is 117 cm³/mol. The summed E-state index contributed by atoms with van der Waals surface area (Å²) in [5.74, 6) is -1.73. The van der Waals surface area contributed by atoms with Crippen molar-refractivity contribution in [2.45, 2.75) is 25.7 Å². The second-order valence-electron chi connectivity index (χ2n) is 7.65. The van der Waals surface area contributed by atoms with E-state index in [2.05, 4.69) is 6.58 Å². The maximum Gasteiger partial charge on any atom is 0.343 e. The molecule has 33 heavy (non-hydrogen) atoms. The number of ether oxygens (including phenoxy) is 3. The van der Waals surface area contributed by atoms with E-state index in [9.17, 15) is 19.2 Å². The summed E-state index contributed by atoms with van der Waals surface area (Å²) in [5.41, 5.74) is 0.296. The number of benzene rings is 2. The molecule has 1 saturated carbocycles. The number of aliphatic carboxylic acids is 1. The van der Waals surface area contributed by atoms with Gasteiger partial charge in [-0.15, -0.1) is 0 Å². The van der Waals surface area contributed by atoms with Crippen LogP contribution in [-0.2, 0) is 14.4 Å². The maximum atomic E-state index is 12.3. The molecule has 0 atom stereocenters. The van der Waals surface area contributed by atoms with E-state index >= 15 is 0 Å². The molecule has 1 N–H and O–H groups in total. The van der Waals surface area contributed by atoms with Crippen molar-refractivity contribution in [3.05, 3.63) is 66.7 Å². The largest absolute Gasteiger partial charge is 0.485 e. The molecule has 8 heteroatoms. The minimum Gasteiger partial charge on any atom is -0.485 e. The lowest BCUT2D eigenvalue weighted by atomic mass is 9.82. The average molecular weight is 452 g/mol. The molecule has 0 amide bonds. The maximum absolute atomic E-state index is 12.3. The van der Waals surface area contributed by atoms with E-state index in [1.54, 1.807) is 12.1 Å². The monoisotopic (exact) mass is 452 g/mol. The Hall–Kier alpha value is -3.94. The van der Waals surface area contributed by atoms with Crippen LogP contribution in [0.1, 0.15) is 36.0 Å². The Morgan fingerprint density at radius 2 is 1.33 bits per heavy atom. The van der Waals surface area contributed by atoms with Crippen LogP contribution in [0.3, 0.4) is 0 Å². The summed E-state index contributed by atoms with van der Waals surface area (Å²) in [6.45, 7) is 3.23. The number of carbonyl (C=O) groups is 4. The average Bonchev–Trinajstić information content (AvgIpc) is 2.84. The fourth-order valence-corrected chi connectivity index (χ4v) is 3.42. The van der Waals surface area contributed by atoms with Crippen LogP contribution in [0.15, 0.2) is 61.2 Å². The van der Waals surface area contributed by atoms with E-state index in [4.69, 9.17) is 19.3 Å². The molecule has 1 aliphatic rings. The Morgan fingerprint density at radius 3 is 1.88 bits per heavy atom. The molecule has 0 bridgehead atoms. The minimum atomic E-state index is -0.823. The van der Waals surface area contributed by atoms with Gasteiger partial charge in [-0.3, -0.25) is 14.4 Å². The van der Waals surface area contributed by atoms with Crippen molar-refractivity contribution < 1.29 is 38.5 Å². The molecule has 0 aromatic heterocycles. The van der Waals surface area contributed by atoms with Crippen LogP contribution in [-0.4, -0.2) is 35.4 Å². The predicted octanol–water partition coefficient (Wildman–Crippen LogP) is 3.84. The molecule has 2 aromatic carbocycles. The van der Waals surface area contributed by atoms with Gasteiger partial charge < -0.3 is 19.3 Å². The van der Waals surface area contributed by atoms with Crippen molar-refractivity contribution in [1.82, 2.24) is 0 Å². The minimum absolute atomic E-state index is 0.131. The first-order chi connectivity index (χ1) is 15.9. The van der Waals surface area contributed by atoms with Gasteiger partial charge in [0, 0.05) is 0 Å². The van der Waals surface area contributed by atoms with E-state index in [1.807, 2.05) is 0 Å². The summed E-state index contributed by atoms with van der Waals surface area (Å²) in [5, 5.41) is 9.05. The van der Waals surface area contributed by atoms with Crippen LogP contribution in [0.5, 0.6) is 17.2 Å². The third kappa shape index (κ3) is 6.77. The number of rotatable bonds is 9. The molecule has 172 valence electrons. The van der Waals surface area contributed by atoms with Gasteiger partial charge in [-0.25, -0.2) is 4.79 Å². The van der Waals surface area contributed by atoms with Gasteiger partial charge >= 0.3 is 17.9 Å². The lowest BCUT2D eigenvalue weighted by Crippen LogP contribution is -2.28. The molecule has 0 unspecified atom stereocenters. The summed E-state index contributed by atoms with van der Waals surface area (Å²) in [6.07, 6.45) is 3.07. The summed E-state index contributed by atoms with van der Waals surface area (Å²) in [6, 6.07) is 12.2. The Labute approximate surface area is 190 Å². The Balaban J connectivity index is 1.49. The zero-order valence-electron chi connectivity index (χ0n) is 17.9. The van der Waals surface area contributed by atoms with Crippen molar-refractivity contribution in [2.24, 2.45) is 11.8 Å². The summed E-state index contributed by atoms with van der Waals surface area (Å²) >= 11 is 0. The number of hydrogen-bond acceptors (Lipinski definition) is 7. The number of carboxylic acids is 1. The Morgan fingerprint density at radius 1 is 0.818 bits per heavy atom. The number of carboxylic acid groups (broad SMARTS) is 1. The normalized spacial score (nSPS) is 17.5. The van der Waals surface area contributed by atoms with Gasteiger partial charge in [0.05, 0.1) is 17.4 Å².